The Labute approximate surface area is 103 Å². The maximum Gasteiger partial charge on any atom is 0.188 e. The van der Waals surface area contributed by atoms with Crippen molar-refractivity contribution < 1.29 is 0 Å². The molecule has 0 aliphatic heterocycles. The van der Waals surface area contributed by atoms with Crippen molar-refractivity contribution in [2.24, 2.45) is 10.7 Å². The van der Waals surface area contributed by atoms with E-state index in [0.29, 0.717) is 12.5 Å². The van der Waals surface area contributed by atoms with E-state index in [2.05, 4.69) is 22.2 Å². The van der Waals surface area contributed by atoms with Gasteiger partial charge in [0.05, 0.1) is 12.2 Å². The minimum atomic E-state index is 0.507. The average Bonchev–Trinajstić information content (AvgIpc) is 2.37. The topological polar surface area (TPSA) is 63.3 Å². The van der Waals surface area contributed by atoms with Gasteiger partial charge in [-0.05, 0) is 18.6 Å². The second-order valence-electron chi connectivity index (χ2n) is 4.01. The number of pyridine rings is 1. The lowest BCUT2D eigenvalue weighted by Crippen LogP contribution is -2.32. The van der Waals surface area contributed by atoms with Gasteiger partial charge in [0.25, 0.3) is 0 Å². The van der Waals surface area contributed by atoms with Crippen LogP contribution in [0.5, 0.6) is 0 Å². The molecule has 0 radical (unpaired) electrons. The number of nitrogens with one attached hydrogen (secondary N) is 1. The van der Waals surface area contributed by atoms with Crippen LogP contribution in [-0.2, 0) is 6.54 Å². The van der Waals surface area contributed by atoms with E-state index >= 15 is 0 Å². The van der Waals surface area contributed by atoms with Crippen LogP contribution in [0.3, 0.4) is 0 Å². The van der Waals surface area contributed by atoms with Crippen LogP contribution >= 0.6 is 0 Å². The van der Waals surface area contributed by atoms with Gasteiger partial charge in [0, 0.05) is 12.7 Å². The van der Waals surface area contributed by atoms with Crippen LogP contribution in [0.15, 0.2) is 29.4 Å². The fourth-order valence-electron chi connectivity index (χ4n) is 1.48. The summed E-state index contributed by atoms with van der Waals surface area (Å²) in [5.41, 5.74) is 6.68. The predicted octanol–water partition coefficient (Wildman–Crippen LogP) is 2.07. The normalized spacial score (nSPS) is 11.5. The zero-order valence-corrected chi connectivity index (χ0v) is 10.5. The summed E-state index contributed by atoms with van der Waals surface area (Å²) in [7, 11) is 0. The molecule has 1 heterocycles. The maximum absolute atomic E-state index is 5.75. The molecule has 1 aromatic heterocycles. The Morgan fingerprint density at radius 3 is 2.94 bits per heavy atom. The van der Waals surface area contributed by atoms with E-state index in [1.807, 2.05) is 18.2 Å². The molecule has 0 atom stereocenters. The molecule has 0 saturated carbocycles. The van der Waals surface area contributed by atoms with Gasteiger partial charge in [-0.15, -0.1) is 0 Å². The van der Waals surface area contributed by atoms with E-state index in [0.717, 1.165) is 18.7 Å². The van der Waals surface area contributed by atoms with E-state index in [1.54, 1.807) is 6.20 Å². The molecule has 0 fully saturated rings. The first-order chi connectivity index (χ1) is 8.33. The van der Waals surface area contributed by atoms with E-state index < -0.39 is 0 Å². The fourth-order valence-corrected chi connectivity index (χ4v) is 1.48. The Morgan fingerprint density at radius 1 is 1.35 bits per heavy atom. The van der Waals surface area contributed by atoms with E-state index in [1.165, 1.54) is 19.3 Å². The molecule has 17 heavy (non-hydrogen) atoms. The summed E-state index contributed by atoms with van der Waals surface area (Å²) in [6.45, 7) is 3.64. The molecular weight excluding hydrogens is 212 g/mol. The number of nitrogens with zero attached hydrogens (tertiary/aromatic N) is 2. The van der Waals surface area contributed by atoms with Crippen LogP contribution in [0.25, 0.3) is 0 Å². The number of nitrogens with two attached hydrogens (primary N) is 1. The van der Waals surface area contributed by atoms with Crippen molar-refractivity contribution >= 4 is 5.96 Å². The highest BCUT2D eigenvalue weighted by atomic mass is 15.1. The van der Waals surface area contributed by atoms with Crippen molar-refractivity contribution in [2.75, 3.05) is 6.54 Å². The molecular formula is C13H22N4. The average molecular weight is 234 g/mol. The van der Waals surface area contributed by atoms with Crippen LogP contribution < -0.4 is 11.1 Å². The second-order valence-corrected chi connectivity index (χ2v) is 4.01. The van der Waals surface area contributed by atoms with Gasteiger partial charge in [-0.3, -0.25) is 4.98 Å². The summed E-state index contributed by atoms with van der Waals surface area (Å²) in [5, 5.41) is 3.11. The van der Waals surface area contributed by atoms with Crippen molar-refractivity contribution in [2.45, 2.75) is 39.2 Å². The molecule has 0 amide bonds. The number of guanidine groups is 1. The summed E-state index contributed by atoms with van der Waals surface area (Å²) in [5.74, 6) is 0.507. The van der Waals surface area contributed by atoms with E-state index in [4.69, 9.17) is 5.73 Å². The Morgan fingerprint density at radius 2 is 2.24 bits per heavy atom. The third kappa shape index (κ3) is 6.56. The van der Waals surface area contributed by atoms with Crippen LogP contribution in [0.4, 0.5) is 0 Å². The molecule has 3 N–H and O–H groups in total. The smallest absolute Gasteiger partial charge is 0.188 e. The molecule has 4 heteroatoms. The van der Waals surface area contributed by atoms with Crippen LogP contribution in [0.2, 0.25) is 0 Å². The van der Waals surface area contributed by atoms with Crippen LogP contribution in [0, 0.1) is 0 Å². The van der Waals surface area contributed by atoms with Crippen molar-refractivity contribution in [3.8, 4) is 0 Å². The summed E-state index contributed by atoms with van der Waals surface area (Å²) in [4.78, 5) is 8.41. The van der Waals surface area contributed by atoms with Crippen LogP contribution in [0.1, 0.15) is 38.3 Å². The number of hydrogen-bond acceptors (Lipinski definition) is 2. The highest BCUT2D eigenvalue weighted by Gasteiger charge is 1.93. The highest BCUT2D eigenvalue weighted by Crippen LogP contribution is 1.97. The summed E-state index contributed by atoms with van der Waals surface area (Å²) in [6.07, 6.45) is 6.69. The first-order valence-electron chi connectivity index (χ1n) is 6.26. The van der Waals surface area contributed by atoms with Crippen molar-refractivity contribution in [3.63, 3.8) is 0 Å². The van der Waals surface area contributed by atoms with Gasteiger partial charge < -0.3 is 11.1 Å². The SMILES string of the molecule is CCCCCCNC(N)=NCc1ccccn1. The Kier molecular flexibility index (Phi) is 6.79. The number of unbranched alkanes of at least 4 members (excludes halogenated alkanes) is 3. The molecule has 1 rings (SSSR count). The Bertz CT molecular complexity index is 321. The molecule has 0 unspecified atom stereocenters. The van der Waals surface area contributed by atoms with Crippen molar-refractivity contribution in [1.82, 2.24) is 10.3 Å². The number of aliphatic imine (C=N–C) groups is 1. The van der Waals surface area contributed by atoms with Gasteiger partial charge in [-0.2, -0.15) is 0 Å². The summed E-state index contributed by atoms with van der Waals surface area (Å²) < 4.78 is 0. The van der Waals surface area contributed by atoms with Crippen molar-refractivity contribution in [1.29, 1.82) is 0 Å². The molecule has 0 saturated heterocycles. The lowest BCUT2D eigenvalue weighted by atomic mass is 10.2. The van der Waals surface area contributed by atoms with Gasteiger partial charge in [0.2, 0.25) is 0 Å². The Balaban J connectivity index is 2.17. The number of hydrogen-bond donors (Lipinski definition) is 2. The molecule has 4 nitrogen and oxygen atoms in total. The Hall–Kier alpha value is -1.58. The zero-order chi connectivity index (χ0) is 12.3. The second kappa shape index (κ2) is 8.56. The first-order valence-corrected chi connectivity index (χ1v) is 6.26. The fraction of sp³-hybridized carbons (Fsp3) is 0.538. The third-order valence-electron chi connectivity index (χ3n) is 2.47. The van der Waals surface area contributed by atoms with Crippen molar-refractivity contribution in [3.05, 3.63) is 30.1 Å². The summed E-state index contributed by atoms with van der Waals surface area (Å²) in [6, 6.07) is 5.78. The molecule has 0 bridgehead atoms. The minimum absolute atomic E-state index is 0.507. The molecule has 1 aromatic rings. The lowest BCUT2D eigenvalue weighted by Gasteiger charge is -2.04. The number of rotatable bonds is 7. The highest BCUT2D eigenvalue weighted by molar-refractivity contribution is 5.77. The third-order valence-corrected chi connectivity index (χ3v) is 2.47. The first kappa shape index (κ1) is 13.5. The van der Waals surface area contributed by atoms with Gasteiger partial charge in [-0.1, -0.05) is 32.3 Å². The zero-order valence-electron chi connectivity index (χ0n) is 10.5. The molecule has 0 aromatic carbocycles. The van der Waals surface area contributed by atoms with Gasteiger partial charge >= 0.3 is 0 Å². The molecule has 0 aliphatic rings. The van der Waals surface area contributed by atoms with E-state index in [-0.39, 0.29) is 0 Å². The van der Waals surface area contributed by atoms with Gasteiger partial charge in [0.15, 0.2) is 5.96 Å². The summed E-state index contributed by atoms with van der Waals surface area (Å²) >= 11 is 0. The lowest BCUT2D eigenvalue weighted by molar-refractivity contribution is 0.652. The van der Waals surface area contributed by atoms with Gasteiger partial charge in [-0.25, -0.2) is 4.99 Å². The number of aromatic nitrogens is 1. The minimum Gasteiger partial charge on any atom is -0.370 e. The molecule has 0 spiro atoms. The maximum atomic E-state index is 5.75. The monoisotopic (exact) mass is 234 g/mol. The molecule has 0 aliphatic carbocycles. The predicted molar refractivity (Wildman–Crippen MR) is 71.7 cm³/mol. The van der Waals surface area contributed by atoms with Gasteiger partial charge in [0.1, 0.15) is 0 Å². The largest absolute Gasteiger partial charge is 0.370 e. The standard InChI is InChI=1S/C13H22N4/c1-2-3-4-6-10-16-13(14)17-11-12-8-5-7-9-15-12/h5,7-9H,2-4,6,10-11H2,1H3,(H3,14,16,17). The van der Waals surface area contributed by atoms with Crippen LogP contribution in [-0.4, -0.2) is 17.5 Å². The van der Waals surface area contributed by atoms with E-state index in [9.17, 15) is 0 Å². The molecule has 94 valence electrons. The quantitative estimate of drug-likeness (QED) is 0.431.